The molecule has 0 unspecified atom stereocenters. The molecule has 152 valence electrons. The van der Waals surface area contributed by atoms with E-state index in [1.54, 1.807) is 6.92 Å². The van der Waals surface area contributed by atoms with Crippen LogP contribution in [-0.2, 0) is 11.2 Å². The molecule has 0 atom stereocenters. The van der Waals surface area contributed by atoms with Gasteiger partial charge in [0.2, 0.25) is 5.91 Å². The second-order valence-electron chi connectivity index (χ2n) is 7.59. The third-order valence-corrected chi connectivity index (χ3v) is 5.51. The molecule has 1 aromatic carbocycles. The maximum Gasteiger partial charge on any atom is 0.219 e. The average molecular weight is 393 g/mol. The van der Waals surface area contributed by atoms with Gasteiger partial charge in [-0.2, -0.15) is 5.10 Å². The Hall–Kier alpha value is -2.96. The zero-order chi connectivity index (χ0) is 20.4. The number of amides is 1. The Labute approximate surface area is 171 Å². The van der Waals surface area contributed by atoms with E-state index in [2.05, 4.69) is 11.8 Å². The van der Waals surface area contributed by atoms with E-state index < -0.39 is 0 Å². The van der Waals surface area contributed by atoms with Gasteiger partial charge in [-0.3, -0.25) is 4.79 Å². The Kier molecular flexibility index (Phi) is 5.47. The van der Waals surface area contributed by atoms with Crippen molar-refractivity contribution in [3.63, 3.8) is 0 Å². The summed E-state index contributed by atoms with van der Waals surface area (Å²) in [6.45, 7) is 8.82. The molecule has 1 aliphatic heterocycles. The van der Waals surface area contributed by atoms with Crippen molar-refractivity contribution in [2.45, 2.75) is 40.0 Å². The molecule has 0 N–H and O–H groups in total. The second-order valence-corrected chi connectivity index (χ2v) is 7.59. The fourth-order valence-electron chi connectivity index (χ4n) is 3.86. The predicted molar refractivity (Wildman–Crippen MR) is 114 cm³/mol. The van der Waals surface area contributed by atoms with Gasteiger partial charge in [-0.05, 0) is 25.5 Å². The van der Waals surface area contributed by atoms with Gasteiger partial charge in [0.05, 0.1) is 16.8 Å². The molecule has 1 fully saturated rings. The summed E-state index contributed by atoms with van der Waals surface area (Å²) >= 11 is 0. The number of carbonyl (C=O) groups is 1. The summed E-state index contributed by atoms with van der Waals surface area (Å²) in [6, 6.07) is 10.1. The molecule has 1 amide bonds. The van der Waals surface area contributed by atoms with Gasteiger partial charge in [-0.25, -0.2) is 14.6 Å². The van der Waals surface area contributed by atoms with Gasteiger partial charge in [-0.15, -0.1) is 0 Å². The summed E-state index contributed by atoms with van der Waals surface area (Å²) in [7, 11) is 0. The van der Waals surface area contributed by atoms with Gasteiger partial charge >= 0.3 is 0 Å². The van der Waals surface area contributed by atoms with Crippen LogP contribution in [0.25, 0.3) is 16.7 Å². The van der Waals surface area contributed by atoms with E-state index in [1.807, 2.05) is 46.8 Å². The molecule has 0 aliphatic carbocycles. The summed E-state index contributed by atoms with van der Waals surface area (Å²) in [5.74, 6) is 1.94. The molecule has 7 heteroatoms. The predicted octanol–water partition coefficient (Wildman–Crippen LogP) is 3.14. The molecule has 3 heterocycles. The third-order valence-electron chi connectivity index (χ3n) is 5.51. The number of unbranched alkanes of at least 4 members (excludes halogenated alkanes) is 1. The van der Waals surface area contributed by atoms with Crippen LogP contribution in [0.5, 0.6) is 0 Å². The number of benzene rings is 1. The van der Waals surface area contributed by atoms with E-state index in [0.717, 1.165) is 79.5 Å². The largest absolute Gasteiger partial charge is 0.352 e. The van der Waals surface area contributed by atoms with Crippen LogP contribution < -0.4 is 4.90 Å². The molecule has 0 spiro atoms. The van der Waals surface area contributed by atoms with Crippen LogP contribution in [0.2, 0.25) is 0 Å². The zero-order valence-corrected chi connectivity index (χ0v) is 17.4. The smallest absolute Gasteiger partial charge is 0.219 e. The molecule has 3 aromatic rings. The maximum absolute atomic E-state index is 11.7. The number of carbonyl (C=O) groups excluding carboxylic acids is 1. The normalized spacial score (nSPS) is 14.6. The first kappa shape index (κ1) is 19.4. The number of hydrogen-bond donors (Lipinski definition) is 0. The highest BCUT2D eigenvalue weighted by molar-refractivity contribution is 5.91. The average Bonchev–Trinajstić information content (AvgIpc) is 3.09. The van der Waals surface area contributed by atoms with Crippen LogP contribution in [0.1, 0.15) is 38.2 Å². The van der Waals surface area contributed by atoms with E-state index in [0.29, 0.717) is 0 Å². The van der Waals surface area contributed by atoms with E-state index in [4.69, 9.17) is 15.1 Å². The van der Waals surface area contributed by atoms with Gasteiger partial charge < -0.3 is 9.80 Å². The monoisotopic (exact) mass is 392 g/mol. The first-order valence-electron chi connectivity index (χ1n) is 10.4. The summed E-state index contributed by atoms with van der Waals surface area (Å²) in [6.07, 6.45) is 3.01. The number of fused-ring (bicyclic) bond motifs is 1. The highest BCUT2D eigenvalue weighted by Crippen LogP contribution is 2.30. The number of hydrogen-bond acceptors (Lipinski definition) is 5. The van der Waals surface area contributed by atoms with E-state index in [1.165, 1.54) is 0 Å². The Balaban J connectivity index is 1.80. The topological polar surface area (TPSA) is 67.2 Å². The summed E-state index contributed by atoms with van der Waals surface area (Å²) in [5.41, 5.74) is 2.78. The van der Waals surface area contributed by atoms with E-state index in [-0.39, 0.29) is 5.91 Å². The highest BCUT2D eigenvalue weighted by Gasteiger charge is 2.25. The van der Waals surface area contributed by atoms with Crippen molar-refractivity contribution >= 4 is 22.8 Å². The van der Waals surface area contributed by atoms with E-state index in [9.17, 15) is 4.79 Å². The van der Waals surface area contributed by atoms with Crippen molar-refractivity contribution in [2.24, 2.45) is 0 Å². The fraction of sp³-hybridized carbons (Fsp3) is 0.455. The lowest BCUT2D eigenvalue weighted by Gasteiger charge is -2.35. The van der Waals surface area contributed by atoms with Gasteiger partial charge in [0.25, 0.3) is 0 Å². The van der Waals surface area contributed by atoms with Crippen molar-refractivity contribution < 1.29 is 4.79 Å². The molecule has 7 nitrogen and oxygen atoms in total. The van der Waals surface area contributed by atoms with Crippen LogP contribution in [0, 0.1) is 6.92 Å². The molecule has 0 radical (unpaired) electrons. The second kappa shape index (κ2) is 8.19. The molecule has 0 saturated carbocycles. The van der Waals surface area contributed by atoms with Crippen LogP contribution in [-0.4, -0.2) is 56.7 Å². The third kappa shape index (κ3) is 3.81. The molecule has 4 rings (SSSR count). The minimum atomic E-state index is 0.134. The van der Waals surface area contributed by atoms with Gasteiger partial charge in [0.15, 0.2) is 5.65 Å². The minimum absolute atomic E-state index is 0.134. The van der Waals surface area contributed by atoms with Crippen LogP contribution in [0.15, 0.2) is 30.3 Å². The first-order valence-corrected chi connectivity index (χ1v) is 10.4. The van der Waals surface area contributed by atoms with Crippen LogP contribution >= 0.6 is 0 Å². The van der Waals surface area contributed by atoms with Crippen LogP contribution in [0.3, 0.4) is 0 Å². The molecule has 0 bridgehead atoms. The molecule has 2 aromatic heterocycles. The first-order chi connectivity index (χ1) is 14.1. The van der Waals surface area contributed by atoms with Crippen molar-refractivity contribution in [1.29, 1.82) is 0 Å². The number of aromatic nitrogens is 4. The lowest BCUT2D eigenvalue weighted by molar-refractivity contribution is -0.129. The number of para-hydroxylation sites is 1. The van der Waals surface area contributed by atoms with Gasteiger partial charge in [0, 0.05) is 39.5 Å². The standard InChI is InChI=1S/C22H28N6O/c1-4-5-11-19-23-21(27-14-12-26(13-15-27)17(3)29)20-16(2)25-28(22(20)24-19)18-9-7-6-8-10-18/h6-10H,4-5,11-15H2,1-3H3. The van der Waals surface area contributed by atoms with Gasteiger partial charge in [-0.1, -0.05) is 31.5 Å². The SMILES string of the molecule is CCCCc1nc(N2CCN(C(C)=O)CC2)c2c(C)nn(-c3ccccc3)c2n1. The molecule has 1 aliphatic rings. The number of nitrogens with zero attached hydrogens (tertiary/aromatic N) is 6. The summed E-state index contributed by atoms with van der Waals surface area (Å²) in [5, 5.41) is 5.81. The highest BCUT2D eigenvalue weighted by atomic mass is 16.2. The van der Waals surface area contributed by atoms with E-state index >= 15 is 0 Å². The minimum Gasteiger partial charge on any atom is -0.352 e. The quantitative estimate of drug-likeness (QED) is 0.667. The Morgan fingerprint density at radius 2 is 1.79 bits per heavy atom. The molecule has 1 saturated heterocycles. The maximum atomic E-state index is 11.7. The fourth-order valence-corrected chi connectivity index (χ4v) is 3.86. The number of piperazine rings is 1. The molecular formula is C22H28N6O. The Morgan fingerprint density at radius 1 is 1.07 bits per heavy atom. The molecule has 29 heavy (non-hydrogen) atoms. The van der Waals surface area contributed by atoms with Crippen molar-refractivity contribution in [3.05, 3.63) is 41.9 Å². The van der Waals surface area contributed by atoms with Gasteiger partial charge in [0.1, 0.15) is 11.6 Å². The summed E-state index contributed by atoms with van der Waals surface area (Å²) < 4.78 is 1.93. The van der Waals surface area contributed by atoms with Crippen molar-refractivity contribution in [2.75, 3.05) is 31.1 Å². The zero-order valence-electron chi connectivity index (χ0n) is 17.4. The Morgan fingerprint density at radius 3 is 2.45 bits per heavy atom. The van der Waals surface area contributed by atoms with Crippen molar-refractivity contribution in [1.82, 2.24) is 24.6 Å². The number of aryl methyl sites for hydroxylation is 2. The Bertz CT molecular complexity index is 1010. The summed E-state index contributed by atoms with van der Waals surface area (Å²) in [4.78, 5) is 25.8. The number of rotatable bonds is 5. The van der Waals surface area contributed by atoms with Crippen molar-refractivity contribution in [3.8, 4) is 5.69 Å². The lowest BCUT2D eigenvalue weighted by Crippen LogP contribution is -2.48. The lowest BCUT2D eigenvalue weighted by atomic mass is 10.2. The van der Waals surface area contributed by atoms with Crippen LogP contribution in [0.4, 0.5) is 5.82 Å². The number of anilines is 1. The molecular weight excluding hydrogens is 364 g/mol.